The highest BCUT2D eigenvalue weighted by Gasteiger charge is 2.19. The first-order chi connectivity index (χ1) is 11.7. The van der Waals surface area contributed by atoms with Gasteiger partial charge >= 0.3 is 5.97 Å². The van der Waals surface area contributed by atoms with Crippen LogP contribution in [-0.4, -0.2) is 21.1 Å². The lowest BCUT2D eigenvalue weighted by molar-refractivity contribution is 0.0424. The van der Waals surface area contributed by atoms with Crippen molar-refractivity contribution in [3.05, 3.63) is 58.4 Å². The lowest BCUT2D eigenvalue weighted by Crippen LogP contribution is -2.06. The van der Waals surface area contributed by atoms with Crippen molar-refractivity contribution in [3.8, 4) is 10.7 Å². The summed E-state index contributed by atoms with van der Waals surface area (Å²) in [4.78, 5) is 20.3. The second-order valence-corrected chi connectivity index (χ2v) is 6.25. The zero-order valence-corrected chi connectivity index (χ0v) is 13.7. The molecule has 0 aliphatic heterocycles. The van der Waals surface area contributed by atoms with Gasteiger partial charge in [0.2, 0.25) is 5.82 Å². The molecule has 0 spiro atoms. The van der Waals surface area contributed by atoms with Crippen LogP contribution in [0.5, 0.6) is 0 Å². The highest BCUT2D eigenvalue weighted by atomic mass is 35.5. The number of H-pyrrole nitrogens is 1. The normalized spacial score (nSPS) is 11.0. The quantitative estimate of drug-likeness (QED) is 0.550. The third-order valence-corrected chi connectivity index (χ3v) is 4.64. The van der Waals surface area contributed by atoms with Gasteiger partial charge in [-0.15, -0.1) is 11.3 Å². The summed E-state index contributed by atoms with van der Waals surface area (Å²) in [7, 11) is 0. The molecule has 0 bridgehead atoms. The largest absolute Gasteiger partial charge is 0.451 e. The molecule has 3 aromatic heterocycles. The van der Waals surface area contributed by atoms with Crippen LogP contribution >= 0.6 is 22.9 Å². The van der Waals surface area contributed by atoms with E-state index in [4.69, 9.17) is 20.9 Å². The van der Waals surface area contributed by atoms with Crippen molar-refractivity contribution < 1.29 is 14.1 Å². The molecule has 0 saturated heterocycles. The zero-order valence-electron chi connectivity index (χ0n) is 12.2. The molecule has 0 atom stereocenters. The molecular formula is C16H10ClN3O3S. The molecule has 0 amide bonds. The number of benzene rings is 1. The Hall–Kier alpha value is -2.64. The van der Waals surface area contributed by atoms with Crippen LogP contribution in [0.15, 0.2) is 46.3 Å². The monoisotopic (exact) mass is 359 g/mol. The predicted molar refractivity (Wildman–Crippen MR) is 90.0 cm³/mol. The predicted octanol–water partition coefficient (Wildman–Crippen LogP) is 4.29. The average molecular weight is 360 g/mol. The number of carbonyl (C=O) groups excluding carboxylic acids is 1. The van der Waals surface area contributed by atoms with Gasteiger partial charge in [0.1, 0.15) is 5.69 Å². The second-order valence-electron chi connectivity index (χ2n) is 4.92. The van der Waals surface area contributed by atoms with Crippen molar-refractivity contribution in [1.82, 2.24) is 15.1 Å². The standard InChI is InChI=1S/C16H10ClN3O3S/c17-13-9-4-1-2-5-10(9)18-14(13)16(21)22-8-12-19-15(20-23-12)11-6-3-7-24-11/h1-7,18H,8H2. The summed E-state index contributed by atoms with van der Waals surface area (Å²) in [6.45, 7) is -0.122. The topological polar surface area (TPSA) is 81.0 Å². The third-order valence-electron chi connectivity index (χ3n) is 3.38. The summed E-state index contributed by atoms with van der Waals surface area (Å²) in [5, 5.41) is 6.88. The van der Waals surface area contributed by atoms with E-state index in [1.165, 1.54) is 11.3 Å². The molecule has 1 aromatic carbocycles. The lowest BCUT2D eigenvalue weighted by atomic mass is 10.2. The molecule has 24 heavy (non-hydrogen) atoms. The number of halogens is 1. The van der Waals surface area contributed by atoms with E-state index in [9.17, 15) is 4.79 Å². The Morgan fingerprint density at radius 2 is 2.17 bits per heavy atom. The molecular weight excluding hydrogens is 350 g/mol. The lowest BCUT2D eigenvalue weighted by Gasteiger charge is -1.99. The van der Waals surface area contributed by atoms with Crippen LogP contribution in [0.1, 0.15) is 16.4 Å². The highest BCUT2D eigenvalue weighted by molar-refractivity contribution is 7.13. The van der Waals surface area contributed by atoms with Gasteiger partial charge in [0.25, 0.3) is 5.89 Å². The smallest absolute Gasteiger partial charge is 0.356 e. The van der Waals surface area contributed by atoms with Crippen LogP contribution in [0.2, 0.25) is 5.02 Å². The van der Waals surface area contributed by atoms with Crippen LogP contribution in [0, 0.1) is 0 Å². The van der Waals surface area contributed by atoms with Gasteiger partial charge in [-0.2, -0.15) is 4.98 Å². The molecule has 1 N–H and O–H groups in total. The fourth-order valence-corrected chi connectivity index (χ4v) is 3.21. The van der Waals surface area contributed by atoms with E-state index >= 15 is 0 Å². The molecule has 4 aromatic rings. The number of para-hydroxylation sites is 1. The summed E-state index contributed by atoms with van der Waals surface area (Å²) < 4.78 is 10.3. The number of hydrogen-bond acceptors (Lipinski definition) is 6. The molecule has 120 valence electrons. The maximum Gasteiger partial charge on any atom is 0.356 e. The summed E-state index contributed by atoms with van der Waals surface area (Å²) in [6, 6.07) is 11.2. The number of aromatic nitrogens is 3. The number of esters is 1. The van der Waals surface area contributed by atoms with Gasteiger partial charge in [0.05, 0.1) is 9.90 Å². The third kappa shape index (κ3) is 2.68. The molecule has 0 aliphatic carbocycles. The Morgan fingerprint density at radius 1 is 1.29 bits per heavy atom. The molecule has 3 heterocycles. The van der Waals surface area contributed by atoms with Crippen LogP contribution in [0.4, 0.5) is 0 Å². The van der Waals surface area contributed by atoms with Gasteiger partial charge in [-0.25, -0.2) is 4.79 Å². The molecule has 0 unspecified atom stereocenters. The number of thiophene rings is 1. The molecule has 0 saturated carbocycles. The Labute approximate surface area is 145 Å². The van der Waals surface area contributed by atoms with Crippen molar-refractivity contribution in [2.45, 2.75) is 6.61 Å². The SMILES string of the molecule is O=C(OCc1nc(-c2cccs2)no1)c1[nH]c2ccccc2c1Cl. The molecule has 0 aliphatic rings. The fraction of sp³-hybridized carbons (Fsp3) is 0.0625. The van der Waals surface area contributed by atoms with E-state index in [0.717, 1.165) is 15.8 Å². The Kier molecular flexibility index (Phi) is 3.79. The van der Waals surface area contributed by atoms with Crippen molar-refractivity contribution in [1.29, 1.82) is 0 Å². The number of nitrogens with one attached hydrogen (secondary N) is 1. The van der Waals surface area contributed by atoms with Crippen LogP contribution < -0.4 is 0 Å². The van der Waals surface area contributed by atoms with E-state index in [1.807, 2.05) is 41.8 Å². The summed E-state index contributed by atoms with van der Waals surface area (Å²) in [6.07, 6.45) is 0. The summed E-state index contributed by atoms with van der Waals surface area (Å²) in [5.41, 5.74) is 0.975. The minimum atomic E-state index is -0.577. The number of ether oxygens (including phenoxy) is 1. The first-order valence-electron chi connectivity index (χ1n) is 7.02. The van der Waals surface area contributed by atoms with Crippen LogP contribution in [0.25, 0.3) is 21.6 Å². The van der Waals surface area contributed by atoms with Gasteiger partial charge in [-0.05, 0) is 17.5 Å². The maximum atomic E-state index is 12.2. The Morgan fingerprint density at radius 3 is 2.96 bits per heavy atom. The number of nitrogens with zero attached hydrogens (tertiary/aromatic N) is 2. The molecule has 8 heteroatoms. The summed E-state index contributed by atoms with van der Waals surface area (Å²) >= 11 is 7.72. The van der Waals surface area contributed by atoms with E-state index in [1.54, 1.807) is 0 Å². The van der Waals surface area contributed by atoms with Crippen molar-refractivity contribution in [3.63, 3.8) is 0 Å². The van der Waals surface area contributed by atoms with E-state index in [2.05, 4.69) is 15.1 Å². The van der Waals surface area contributed by atoms with Crippen LogP contribution in [0.3, 0.4) is 0 Å². The van der Waals surface area contributed by atoms with Crippen LogP contribution in [-0.2, 0) is 11.3 Å². The number of fused-ring (bicyclic) bond motifs is 1. The van der Waals surface area contributed by atoms with Crippen molar-refractivity contribution in [2.75, 3.05) is 0 Å². The number of aromatic amines is 1. The maximum absolute atomic E-state index is 12.2. The molecule has 0 fully saturated rings. The van der Waals surface area contributed by atoms with Crippen molar-refractivity contribution >= 4 is 39.8 Å². The number of rotatable bonds is 4. The van der Waals surface area contributed by atoms with E-state index < -0.39 is 5.97 Å². The fourth-order valence-electron chi connectivity index (χ4n) is 2.27. The molecule has 6 nitrogen and oxygen atoms in total. The average Bonchev–Trinajstić information content (AvgIpc) is 3.33. The van der Waals surface area contributed by atoms with E-state index in [0.29, 0.717) is 10.8 Å². The second kappa shape index (κ2) is 6.10. The van der Waals surface area contributed by atoms with Gasteiger partial charge < -0.3 is 14.2 Å². The molecule has 4 rings (SSSR count). The first-order valence-corrected chi connectivity index (χ1v) is 8.28. The van der Waals surface area contributed by atoms with Gasteiger partial charge in [0, 0.05) is 10.9 Å². The van der Waals surface area contributed by atoms with Gasteiger partial charge in [0.15, 0.2) is 6.61 Å². The number of hydrogen-bond donors (Lipinski definition) is 1. The minimum Gasteiger partial charge on any atom is -0.451 e. The van der Waals surface area contributed by atoms with Gasteiger partial charge in [-0.3, -0.25) is 0 Å². The summed E-state index contributed by atoms with van der Waals surface area (Å²) in [5.74, 6) is 0.116. The Balaban J connectivity index is 1.49. The minimum absolute atomic E-state index is 0.122. The molecule has 0 radical (unpaired) electrons. The van der Waals surface area contributed by atoms with Crippen molar-refractivity contribution in [2.24, 2.45) is 0 Å². The first kappa shape index (κ1) is 14.9. The Bertz CT molecular complexity index is 1010. The highest BCUT2D eigenvalue weighted by Crippen LogP contribution is 2.28. The number of carbonyl (C=O) groups is 1. The zero-order chi connectivity index (χ0) is 16.5. The van der Waals surface area contributed by atoms with E-state index in [-0.39, 0.29) is 18.2 Å². The van der Waals surface area contributed by atoms with Gasteiger partial charge in [-0.1, -0.05) is 41.0 Å².